The summed E-state index contributed by atoms with van der Waals surface area (Å²) in [5.41, 5.74) is 0.538. The summed E-state index contributed by atoms with van der Waals surface area (Å²) in [4.78, 5) is 10.5. The van der Waals surface area contributed by atoms with Crippen molar-refractivity contribution in [2.24, 2.45) is 4.99 Å². The van der Waals surface area contributed by atoms with E-state index in [9.17, 15) is 13.2 Å². The van der Waals surface area contributed by atoms with Crippen LogP contribution in [0.1, 0.15) is 25.3 Å². The minimum absolute atomic E-state index is 0. The van der Waals surface area contributed by atoms with Crippen molar-refractivity contribution in [3.05, 3.63) is 23.9 Å². The summed E-state index contributed by atoms with van der Waals surface area (Å²) >= 11 is 0. The zero-order valence-electron chi connectivity index (χ0n) is 15.6. The zero-order valence-corrected chi connectivity index (χ0v) is 17.9. The zero-order chi connectivity index (χ0) is 19.0. The van der Waals surface area contributed by atoms with Gasteiger partial charge in [-0.3, -0.25) is 9.89 Å². The number of hydrogen-bond donors (Lipinski definition) is 2. The standard InChI is InChI=1S/C17H26F3N5O.HI/c1-3-25-9-5-7-14(25)11-24-16(21-2)23-10-13-6-4-8-22-15(13)26-12-17(18,19)20;/h4,6,8,14H,3,5,7,9-12H2,1-2H3,(H2,21,23,24);1H. The molecule has 154 valence electrons. The molecule has 27 heavy (non-hydrogen) atoms. The first-order chi connectivity index (χ1) is 12.4. The highest BCUT2D eigenvalue weighted by molar-refractivity contribution is 14.0. The highest BCUT2D eigenvalue weighted by Gasteiger charge is 2.29. The highest BCUT2D eigenvalue weighted by Crippen LogP contribution is 2.20. The number of likely N-dealkylation sites (N-methyl/N-ethyl adjacent to an activating group) is 1. The third kappa shape index (κ3) is 8.08. The van der Waals surface area contributed by atoms with Crippen molar-refractivity contribution in [3.8, 4) is 5.88 Å². The van der Waals surface area contributed by atoms with Crippen LogP contribution >= 0.6 is 24.0 Å². The van der Waals surface area contributed by atoms with Gasteiger partial charge in [0, 0.05) is 37.9 Å². The molecule has 10 heteroatoms. The first kappa shape index (κ1) is 23.7. The Kier molecular flexibility index (Phi) is 10.1. The van der Waals surface area contributed by atoms with Crippen LogP contribution < -0.4 is 15.4 Å². The van der Waals surface area contributed by atoms with E-state index < -0.39 is 12.8 Å². The molecule has 0 radical (unpaired) electrons. The number of alkyl halides is 3. The van der Waals surface area contributed by atoms with Gasteiger partial charge in [-0.15, -0.1) is 24.0 Å². The number of ether oxygens (including phenoxy) is 1. The first-order valence-electron chi connectivity index (χ1n) is 8.75. The number of hydrogen-bond acceptors (Lipinski definition) is 4. The fourth-order valence-electron chi connectivity index (χ4n) is 3.00. The van der Waals surface area contributed by atoms with Gasteiger partial charge in [-0.05, 0) is 32.0 Å². The summed E-state index contributed by atoms with van der Waals surface area (Å²) in [5, 5.41) is 6.38. The number of rotatable bonds is 7. The molecule has 0 bridgehead atoms. The minimum Gasteiger partial charge on any atom is -0.468 e. The van der Waals surface area contributed by atoms with Gasteiger partial charge in [-0.25, -0.2) is 4.98 Å². The molecule has 2 rings (SSSR count). The topological polar surface area (TPSA) is 61.8 Å². The number of pyridine rings is 1. The van der Waals surface area contributed by atoms with E-state index in [-0.39, 0.29) is 36.4 Å². The minimum atomic E-state index is -4.40. The Hall–Kier alpha value is -1.30. The van der Waals surface area contributed by atoms with Gasteiger partial charge in [-0.1, -0.05) is 13.0 Å². The van der Waals surface area contributed by atoms with Gasteiger partial charge in [0.1, 0.15) is 0 Å². The van der Waals surface area contributed by atoms with Crippen molar-refractivity contribution < 1.29 is 17.9 Å². The van der Waals surface area contributed by atoms with Crippen molar-refractivity contribution in [2.75, 3.05) is 33.3 Å². The number of aromatic nitrogens is 1. The maximum absolute atomic E-state index is 12.3. The van der Waals surface area contributed by atoms with E-state index in [0.717, 1.165) is 26.1 Å². The Bertz CT molecular complexity index is 600. The van der Waals surface area contributed by atoms with E-state index in [4.69, 9.17) is 4.74 Å². The lowest BCUT2D eigenvalue weighted by Crippen LogP contribution is -2.44. The molecule has 0 spiro atoms. The van der Waals surface area contributed by atoms with Gasteiger partial charge in [0.15, 0.2) is 12.6 Å². The summed E-state index contributed by atoms with van der Waals surface area (Å²) < 4.78 is 41.8. The monoisotopic (exact) mass is 501 g/mol. The molecule has 6 nitrogen and oxygen atoms in total. The number of nitrogens with zero attached hydrogens (tertiary/aromatic N) is 3. The van der Waals surface area contributed by atoms with Crippen molar-refractivity contribution in [3.63, 3.8) is 0 Å². The van der Waals surface area contributed by atoms with Gasteiger partial charge in [0.05, 0.1) is 0 Å². The van der Waals surface area contributed by atoms with Crippen LogP contribution in [0.15, 0.2) is 23.3 Å². The van der Waals surface area contributed by atoms with Gasteiger partial charge in [-0.2, -0.15) is 13.2 Å². The van der Waals surface area contributed by atoms with E-state index >= 15 is 0 Å². The van der Waals surface area contributed by atoms with Gasteiger partial charge >= 0.3 is 6.18 Å². The molecule has 1 aromatic heterocycles. The van der Waals surface area contributed by atoms with Gasteiger partial charge in [0.25, 0.3) is 0 Å². The van der Waals surface area contributed by atoms with E-state index in [1.54, 1.807) is 19.2 Å². The van der Waals surface area contributed by atoms with Crippen LogP contribution in [0.25, 0.3) is 0 Å². The largest absolute Gasteiger partial charge is 0.468 e. The SMILES string of the molecule is CCN1CCCC1CNC(=NC)NCc1cccnc1OCC(F)(F)F.I. The van der Waals surface area contributed by atoms with Crippen molar-refractivity contribution >= 4 is 29.9 Å². The van der Waals surface area contributed by atoms with Crippen molar-refractivity contribution in [2.45, 2.75) is 38.5 Å². The summed E-state index contributed by atoms with van der Waals surface area (Å²) in [5.74, 6) is 0.569. The van der Waals surface area contributed by atoms with Gasteiger partial charge < -0.3 is 15.4 Å². The number of guanidine groups is 1. The number of nitrogens with one attached hydrogen (secondary N) is 2. The molecule has 2 heterocycles. The van der Waals surface area contributed by atoms with Crippen LogP contribution in [-0.2, 0) is 6.54 Å². The van der Waals surface area contributed by atoms with Crippen LogP contribution in [0.3, 0.4) is 0 Å². The maximum Gasteiger partial charge on any atom is 0.422 e. The molecule has 0 aromatic carbocycles. The Labute approximate surface area is 175 Å². The highest BCUT2D eigenvalue weighted by atomic mass is 127. The molecular formula is C17H27F3IN5O. The third-order valence-electron chi connectivity index (χ3n) is 4.30. The normalized spacial score (nSPS) is 18.1. The second-order valence-electron chi connectivity index (χ2n) is 6.10. The predicted octanol–water partition coefficient (Wildman–Crippen LogP) is 2.79. The van der Waals surface area contributed by atoms with E-state index in [1.807, 2.05) is 0 Å². The summed E-state index contributed by atoms with van der Waals surface area (Å²) in [7, 11) is 1.66. The molecule has 1 aliphatic rings. The van der Waals surface area contributed by atoms with Crippen LogP contribution in [-0.4, -0.2) is 61.4 Å². The lowest BCUT2D eigenvalue weighted by Gasteiger charge is -2.24. The van der Waals surface area contributed by atoms with Crippen molar-refractivity contribution in [1.82, 2.24) is 20.5 Å². The molecule has 0 amide bonds. The smallest absolute Gasteiger partial charge is 0.422 e. The van der Waals surface area contributed by atoms with E-state index in [1.165, 1.54) is 12.6 Å². The predicted molar refractivity (Wildman–Crippen MR) is 110 cm³/mol. The second-order valence-corrected chi connectivity index (χ2v) is 6.10. The molecule has 0 aliphatic carbocycles. The Morgan fingerprint density at radius 1 is 1.41 bits per heavy atom. The fraction of sp³-hybridized carbons (Fsp3) is 0.647. The average Bonchev–Trinajstić information content (AvgIpc) is 3.07. The second kappa shape index (κ2) is 11.5. The Morgan fingerprint density at radius 3 is 2.85 bits per heavy atom. The molecule has 1 atom stereocenters. The third-order valence-corrected chi connectivity index (χ3v) is 4.30. The molecule has 2 N–H and O–H groups in total. The lowest BCUT2D eigenvalue weighted by molar-refractivity contribution is -0.154. The Balaban J connectivity index is 0.00000364. The van der Waals surface area contributed by atoms with Crippen LogP contribution in [0.5, 0.6) is 5.88 Å². The van der Waals surface area contributed by atoms with E-state index in [0.29, 0.717) is 17.6 Å². The summed E-state index contributed by atoms with van der Waals surface area (Å²) in [6.45, 7) is 3.97. The molecule has 1 fully saturated rings. The average molecular weight is 501 g/mol. The number of likely N-dealkylation sites (tertiary alicyclic amines) is 1. The number of halogens is 4. The first-order valence-corrected chi connectivity index (χ1v) is 8.75. The van der Waals surface area contributed by atoms with Crippen LogP contribution in [0, 0.1) is 0 Å². The molecule has 1 aliphatic heterocycles. The van der Waals surface area contributed by atoms with E-state index in [2.05, 4.69) is 32.4 Å². The van der Waals surface area contributed by atoms with Gasteiger partial charge in [0.2, 0.25) is 5.88 Å². The van der Waals surface area contributed by atoms with Crippen molar-refractivity contribution in [1.29, 1.82) is 0 Å². The quantitative estimate of drug-likeness (QED) is 0.342. The fourth-order valence-corrected chi connectivity index (χ4v) is 3.00. The lowest BCUT2D eigenvalue weighted by atomic mass is 10.2. The van der Waals surface area contributed by atoms with Crippen LogP contribution in [0.4, 0.5) is 13.2 Å². The molecule has 1 aromatic rings. The molecule has 0 saturated carbocycles. The Morgan fingerprint density at radius 2 is 2.19 bits per heavy atom. The van der Waals surface area contributed by atoms with Crippen LogP contribution in [0.2, 0.25) is 0 Å². The number of aliphatic imine (C=N–C) groups is 1. The summed E-state index contributed by atoms with van der Waals surface area (Å²) in [6.07, 6.45) is -0.647. The molecule has 1 unspecified atom stereocenters. The summed E-state index contributed by atoms with van der Waals surface area (Å²) in [6, 6.07) is 3.81. The maximum atomic E-state index is 12.3. The molecule has 1 saturated heterocycles. The molecular weight excluding hydrogens is 474 g/mol.